The number of hydrogen-bond donors (Lipinski definition) is 1. The predicted molar refractivity (Wildman–Crippen MR) is 131 cm³/mol. The molecule has 0 aliphatic carbocycles. The van der Waals surface area contributed by atoms with E-state index in [2.05, 4.69) is 51.8 Å². The normalized spacial score (nSPS) is 19.6. The third-order valence-corrected chi connectivity index (χ3v) is 9.66. The van der Waals surface area contributed by atoms with Gasteiger partial charge in [-0.2, -0.15) is 0 Å². The number of ether oxygens (including phenoxy) is 1. The number of fused-ring (bicyclic) bond motifs is 1. The van der Waals surface area contributed by atoms with E-state index in [-0.39, 0.29) is 5.75 Å². The van der Waals surface area contributed by atoms with Gasteiger partial charge in [0.25, 0.3) is 0 Å². The highest BCUT2D eigenvalue weighted by Gasteiger charge is 2.29. The van der Waals surface area contributed by atoms with Crippen LogP contribution in [-0.4, -0.2) is 74.3 Å². The number of aromatic amines is 1. The molecule has 1 N–H and O–H groups in total. The number of sulfonamides is 1. The van der Waals surface area contributed by atoms with Gasteiger partial charge in [0.2, 0.25) is 10.0 Å². The van der Waals surface area contributed by atoms with Crippen LogP contribution in [0.2, 0.25) is 0 Å². The van der Waals surface area contributed by atoms with Gasteiger partial charge in [0, 0.05) is 48.2 Å². The summed E-state index contributed by atoms with van der Waals surface area (Å²) in [6.45, 7) is 5.38. The van der Waals surface area contributed by atoms with Gasteiger partial charge in [0.05, 0.1) is 19.0 Å². The van der Waals surface area contributed by atoms with Crippen LogP contribution in [0.15, 0.2) is 41.9 Å². The van der Waals surface area contributed by atoms with E-state index in [1.807, 2.05) is 0 Å². The first-order chi connectivity index (χ1) is 15.6. The molecule has 32 heavy (non-hydrogen) atoms. The molecule has 172 valence electrons. The Morgan fingerprint density at radius 3 is 2.66 bits per heavy atom. The number of H-pyrrole nitrogens is 1. The number of nitrogens with one attached hydrogen (secondary N) is 1. The van der Waals surface area contributed by atoms with Gasteiger partial charge in [-0.15, -0.1) is 11.3 Å². The van der Waals surface area contributed by atoms with Gasteiger partial charge in [0.1, 0.15) is 0 Å². The van der Waals surface area contributed by atoms with E-state index in [4.69, 9.17) is 4.74 Å². The number of aromatic nitrogens is 1. The summed E-state index contributed by atoms with van der Waals surface area (Å²) in [4.78, 5) is 6.99. The van der Waals surface area contributed by atoms with Crippen LogP contribution in [0, 0.1) is 0 Å². The molecule has 2 aromatic heterocycles. The molecule has 5 rings (SSSR count). The first kappa shape index (κ1) is 22.1. The van der Waals surface area contributed by atoms with Crippen molar-refractivity contribution in [3.63, 3.8) is 0 Å². The third kappa shape index (κ3) is 4.79. The van der Waals surface area contributed by atoms with E-state index >= 15 is 0 Å². The first-order valence-electron chi connectivity index (χ1n) is 11.5. The molecule has 0 saturated carbocycles. The van der Waals surface area contributed by atoms with Crippen molar-refractivity contribution in [1.29, 1.82) is 0 Å². The zero-order valence-corrected chi connectivity index (χ0v) is 20.0. The van der Waals surface area contributed by atoms with Gasteiger partial charge < -0.3 is 9.72 Å². The summed E-state index contributed by atoms with van der Waals surface area (Å²) in [5.41, 5.74) is 3.72. The quantitative estimate of drug-likeness (QED) is 0.560. The maximum atomic E-state index is 12.9. The van der Waals surface area contributed by atoms with Crippen molar-refractivity contribution in [2.24, 2.45) is 0 Å². The average molecular weight is 474 g/mol. The van der Waals surface area contributed by atoms with Crippen LogP contribution >= 0.6 is 11.3 Å². The maximum absolute atomic E-state index is 12.9. The Morgan fingerprint density at radius 1 is 1.09 bits per heavy atom. The van der Waals surface area contributed by atoms with Crippen LogP contribution in [-0.2, 0) is 14.8 Å². The van der Waals surface area contributed by atoms with E-state index in [0.29, 0.717) is 25.4 Å². The monoisotopic (exact) mass is 473 g/mol. The summed E-state index contributed by atoms with van der Waals surface area (Å²) in [6, 6.07) is 10.8. The number of benzene rings is 1. The number of thiophene rings is 1. The lowest BCUT2D eigenvalue weighted by molar-refractivity contribution is 0.0380. The Kier molecular flexibility index (Phi) is 6.66. The summed E-state index contributed by atoms with van der Waals surface area (Å²) >= 11 is 1.75. The van der Waals surface area contributed by atoms with Gasteiger partial charge >= 0.3 is 0 Å². The molecule has 0 amide bonds. The topological polar surface area (TPSA) is 65.6 Å². The van der Waals surface area contributed by atoms with Crippen molar-refractivity contribution in [2.45, 2.75) is 25.2 Å². The highest BCUT2D eigenvalue weighted by Crippen LogP contribution is 2.36. The van der Waals surface area contributed by atoms with Crippen LogP contribution in [0.1, 0.15) is 30.7 Å². The highest BCUT2D eigenvalue weighted by atomic mass is 32.2. The molecule has 1 aromatic carbocycles. The second kappa shape index (κ2) is 9.65. The van der Waals surface area contributed by atoms with Crippen LogP contribution in [0.5, 0.6) is 0 Å². The molecule has 2 aliphatic heterocycles. The van der Waals surface area contributed by atoms with Crippen molar-refractivity contribution >= 4 is 32.3 Å². The number of hydrogen-bond acceptors (Lipinski definition) is 5. The Bertz CT molecular complexity index is 1130. The molecule has 0 bridgehead atoms. The van der Waals surface area contributed by atoms with Crippen LogP contribution < -0.4 is 0 Å². The standard InChI is InChI=1S/C24H31N3O3S2/c28-32(29,16-2-8-26-11-13-30-14-12-26)27-9-6-19(7-10-27)22-18-25-23-5-4-20(17-21(22)23)24-3-1-15-31-24/h1,3-5,15,17-19,25H,2,6-14,16H2. The van der Waals surface area contributed by atoms with E-state index in [9.17, 15) is 8.42 Å². The van der Waals surface area contributed by atoms with Crippen molar-refractivity contribution in [1.82, 2.24) is 14.2 Å². The zero-order valence-electron chi connectivity index (χ0n) is 18.3. The van der Waals surface area contributed by atoms with Crippen molar-refractivity contribution in [3.05, 3.63) is 47.5 Å². The van der Waals surface area contributed by atoms with E-state index < -0.39 is 10.0 Å². The molecular formula is C24H31N3O3S2. The Balaban J connectivity index is 1.20. The first-order valence-corrected chi connectivity index (χ1v) is 14.0. The fourth-order valence-corrected chi connectivity index (χ4v) is 7.19. The molecule has 0 radical (unpaired) electrons. The van der Waals surface area contributed by atoms with E-state index in [0.717, 1.165) is 51.2 Å². The zero-order chi connectivity index (χ0) is 22.0. The lowest BCUT2D eigenvalue weighted by Gasteiger charge is -2.32. The number of morpholine rings is 1. The van der Waals surface area contributed by atoms with Crippen LogP contribution in [0.4, 0.5) is 0 Å². The van der Waals surface area contributed by atoms with Gasteiger partial charge in [-0.3, -0.25) is 4.90 Å². The second-order valence-corrected chi connectivity index (χ2v) is 11.8. The molecule has 4 heterocycles. The summed E-state index contributed by atoms with van der Waals surface area (Å²) in [5, 5.41) is 3.37. The molecule has 0 spiro atoms. The number of rotatable bonds is 7. The summed E-state index contributed by atoms with van der Waals surface area (Å²) in [5.74, 6) is 0.633. The number of nitrogens with zero attached hydrogens (tertiary/aromatic N) is 2. The molecule has 2 saturated heterocycles. The molecule has 3 aromatic rings. The predicted octanol–water partition coefficient (Wildman–Crippen LogP) is 4.13. The minimum atomic E-state index is -3.19. The smallest absolute Gasteiger partial charge is 0.214 e. The molecule has 8 heteroatoms. The molecular weight excluding hydrogens is 442 g/mol. The van der Waals surface area contributed by atoms with Crippen molar-refractivity contribution in [3.8, 4) is 10.4 Å². The lowest BCUT2D eigenvalue weighted by atomic mass is 9.89. The van der Waals surface area contributed by atoms with Crippen molar-refractivity contribution < 1.29 is 13.2 Å². The lowest BCUT2D eigenvalue weighted by Crippen LogP contribution is -2.41. The summed E-state index contributed by atoms with van der Waals surface area (Å²) in [7, 11) is -3.19. The average Bonchev–Trinajstić information content (AvgIpc) is 3.50. The molecule has 6 nitrogen and oxygen atoms in total. The molecule has 0 atom stereocenters. The number of piperidine rings is 1. The Morgan fingerprint density at radius 2 is 1.91 bits per heavy atom. The van der Waals surface area contributed by atoms with Gasteiger partial charge in [-0.1, -0.05) is 12.1 Å². The van der Waals surface area contributed by atoms with Crippen LogP contribution in [0.3, 0.4) is 0 Å². The third-order valence-electron chi connectivity index (χ3n) is 6.79. The summed E-state index contributed by atoms with van der Waals surface area (Å²) in [6.07, 6.45) is 4.56. The maximum Gasteiger partial charge on any atom is 0.214 e. The fourth-order valence-electron chi connectivity index (χ4n) is 4.95. The Hall–Kier alpha value is -1.71. The van der Waals surface area contributed by atoms with Crippen molar-refractivity contribution in [2.75, 3.05) is 51.7 Å². The molecule has 2 fully saturated rings. The minimum Gasteiger partial charge on any atom is -0.379 e. The van der Waals surface area contributed by atoms with Gasteiger partial charge in [0.15, 0.2) is 0 Å². The highest BCUT2D eigenvalue weighted by molar-refractivity contribution is 7.89. The van der Waals surface area contributed by atoms with Gasteiger partial charge in [-0.05, 0) is 66.4 Å². The SMILES string of the molecule is O=S(=O)(CCCN1CCOCC1)N1CCC(c2c[nH]c3ccc(-c4cccs4)cc23)CC1. The molecule has 2 aliphatic rings. The van der Waals surface area contributed by atoms with Crippen LogP contribution in [0.25, 0.3) is 21.3 Å². The summed E-state index contributed by atoms with van der Waals surface area (Å²) < 4.78 is 32.9. The van der Waals surface area contributed by atoms with E-state index in [1.54, 1.807) is 15.6 Å². The Labute approximate surface area is 194 Å². The van der Waals surface area contributed by atoms with Gasteiger partial charge in [-0.25, -0.2) is 12.7 Å². The fraction of sp³-hybridized carbons (Fsp3) is 0.500. The van der Waals surface area contributed by atoms with E-state index in [1.165, 1.54) is 21.4 Å². The second-order valence-electron chi connectivity index (χ2n) is 8.78. The largest absolute Gasteiger partial charge is 0.379 e. The minimum absolute atomic E-state index is 0.242. The molecule has 0 unspecified atom stereocenters.